The number of nitrogens with zero attached hydrogens (tertiary/aromatic N) is 1. The Hall–Kier alpha value is -1.06. The molecule has 1 saturated heterocycles. The van der Waals surface area contributed by atoms with Crippen LogP contribution in [0.25, 0.3) is 0 Å². The largest absolute Gasteiger partial charge is 0.326 e. The molecule has 1 N–H and O–H groups in total. The highest BCUT2D eigenvalue weighted by molar-refractivity contribution is 6.03. The van der Waals surface area contributed by atoms with Gasteiger partial charge in [-0.25, -0.2) is 4.79 Å². The summed E-state index contributed by atoms with van der Waals surface area (Å²) >= 11 is 0. The van der Waals surface area contributed by atoms with Gasteiger partial charge in [0.15, 0.2) is 0 Å². The third-order valence-corrected chi connectivity index (χ3v) is 2.86. The average molecular weight is 182 g/mol. The van der Waals surface area contributed by atoms with E-state index in [9.17, 15) is 9.59 Å². The molecular formula is C9H14N2O2. The van der Waals surface area contributed by atoms with E-state index < -0.39 is 0 Å². The summed E-state index contributed by atoms with van der Waals surface area (Å²) in [5, 5.41) is 2.60. The van der Waals surface area contributed by atoms with Gasteiger partial charge in [-0.3, -0.25) is 9.69 Å². The van der Waals surface area contributed by atoms with Crippen LogP contribution in [0.15, 0.2) is 0 Å². The molecule has 0 spiro atoms. The Morgan fingerprint density at radius 1 is 1.54 bits per heavy atom. The van der Waals surface area contributed by atoms with E-state index in [1.165, 1.54) is 4.90 Å². The summed E-state index contributed by atoms with van der Waals surface area (Å²) in [6, 6.07) is -0.569. The van der Waals surface area contributed by atoms with Crippen LogP contribution in [0.4, 0.5) is 4.79 Å². The van der Waals surface area contributed by atoms with Crippen molar-refractivity contribution >= 4 is 11.9 Å². The van der Waals surface area contributed by atoms with Crippen LogP contribution in [0.1, 0.15) is 26.7 Å². The molecule has 0 aromatic carbocycles. The minimum Gasteiger partial charge on any atom is -0.326 e. The van der Waals surface area contributed by atoms with Gasteiger partial charge in [-0.05, 0) is 25.2 Å². The lowest BCUT2D eigenvalue weighted by Gasteiger charge is -2.16. The number of hydrogen-bond donors (Lipinski definition) is 1. The van der Waals surface area contributed by atoms with Crippen molar-refractivity contribution in [2.75, 3.05) is 6.54 Å². The molecule has 1 saturated carbocycles. The molecule has 4 nitrogen and oxygen atoms in total. The molecule has 1 heterocycles. The van der Waals surface area contributed by atoms with E-state index in [2.05, 4.69) is 12.2 Å². The lowest BCUT2D eigenvalue weighted by atomic mass is 10.1. The second-order valence-electron chi connectivity index (χ2n) is 4.41. The van der Waals surface area contributed by atoms with Crippen LogP contribution < -0.4 is 5.32 Å². The lowest BCUT2D eigenvalue weighted by molar-refractivity contribution is -0.127. The van der Waals surface area contributed by atoms with Gasteiger partial charge in [-0.2, -0.15) is 0 Å². The summed E-state index contributed by atoms with van der Waals surface area (Å²) in [5.74, 6) is -0.0851. The first-order chi connectivity index (χ1) is 6.02. The first-order valence-electron chi connectivity index (χ1n) is 4.64. The first-order valence-corrected chi connectivity index (χ1v) is 4.64. The quantitative estimate of drug-likeness (QED) is 0.640. The van der Waals surface area contributed by atoms with Crippen molar-refractivity contribution in [3.8, 4) is 0 Å². The minimum atomic E-state index is -0.338. The van der Waals surface area contributed by atoms with Gasteiger partial charge < -0.3 is 5.32 Å². The van der Waals surface area contributed by atoms with Crippen molar-refractivity contribution < 1.29 is 9.59 Å². The lowest BCUT2D eigenvalue weighted by Crippen LogP contribution is -2.35. The van der Waals surface area contributed by atoms with Gasteiger partial charge in [0.05, 0.1) is 0 Å². The molecule has 0 bridgehead atoms. The molecule has 0 radical (unpaired) electrons. The fourth-order valence-corrected chi connectivity index (χ4v) is 1.56. The number of urea groups is 1. The summed E-state index contributed by atoms with van der Waals surface area (Å²) in [4.78, 5) is 24.1. The summed E-state index contributed by atoms with van der Waals surface area (Å²) in [5.41, 5.74) is 0.205. The van der Waals surface area contributed by atoms with E-state index in [0.29, 0.717) is 6.54 Å². The molecule has 2 rings (SSSR count). The third kappa shape index (κ3) is 1.41. The fraction of sp³-hybridized carbons (Fsp3) is 0.778. The van der Waals surface area contributed by atoms with Gasteiger partial charge in [0.2, 0.25) is 0 Å². The maximum Gasteiger partial charge on any atom is 0.324 e. The number of hydrogen-bond acceptors (Lipinski definition) is 2. The topological polar surface area (TPSA) is 49.4 Å². The molecule has 72 valence electrons. The summed E-state index contributed by atoms with van der Waals surface area (Å²) in [6.07, 6.45) is 2.25. The van der Waals surface area contributed by atoms with Gasteiger partial charge in [-0.1, -0.05) is 6.92 Å². The molecule has 1 aliphatic heterocycles. The monoisotopic (exact) mass is 182 g/mol. The van der Waals surface area contributed by atoms with Crippen LogP contribution in [0, 0.1) is 5.41 Å². The number of imide groups is 1. The average Bonchev–Trinajstić information content (AvgIpc) is 2.73. The molecule has 3 amide bonds. The Bertz CT molecular complexity index is 271. The second kappa shape index (κ2) is 2.47. The minimum absolute atomic E-state index is 0.0851. The number of nitrogens with one attached hydrogen (secondary N) is 1. The van der Waals surface area contributed by atoms with E-state index in [4.69, 9.17) is 0 Å². The van der Waals surface area contributed by atoms with Crippen LogP contribution in [-0.2, 0) is 4.79 Å². The fourth-order valence-electron chi connectivity index (χ4n) is 1.56. The predicted octanol–water partition coefficient (Wildman–Crippen LogP) is 0.727. The Morgan fingerprint density at radius 2 is 2.15 bits per heavy atom. The van der Waals surface area contributed by atoms with Crippen LogP contribution in [-0.4, -0.2) is 29.4 Å². The van der Waals surface area contributed by atoms with Gasteiger partial charge in [-0.15, -0.1) is 0 Å². The van der Waals surface area contributed by atoms with Crippen molar-refractivity contribution in [3.05, 3.63) is 0 Å². The van der Waals surface area contributed by atoms with Crippen LogP contribution in [0.2, 0.25) is 0 Å². The van der Waals surface area contributed by atoms with E-state index in [1.807, 2.05) is 0 Å². The molecule has 1 aliphatic carbocycles. The Morgan fingerprint density at radius 3 is 2.54 bits per heavy atom. The standard InChI is InChI=1S/C9H14N2O2/c1-6-7(12)11(8(13)10-6)5-9(2)3-4-9/h6H,3-5H2,1-2H3,(H,10,13)/t6-/m1/s1. The zero-order chi connectivity index (χ0) is 9.64. The van der Waals surface area contributed by atoms with Gasteiger partial charge >= 0.3 is 6.03 Å². The van der Waals surface area contributed by atoms with E-state index in [-0.39, 0.29) is 23.4 Å². The van der Waals surface area contributed by atoms with Crippen molar-refractivity contribution in [2.45, 2.75) is 32.7 Å². The maximum absolute atomic E-state index is 11.5. The van der Waals surface area contributed by atoms with Crippen molar-refractivity contribution in [1.29, 1.82) is 0 Å². The Kier molecular flexibility index (Phi) is 1.62. The zero-order valence-electron chi connectivity index (χ0n) is 7.96. The molecule has 0 aromatic heterocycles. The van der Waals surface area contributed by atoms with Crippen molar-refractivity contribution in [3.63, 3.8) is 0 Å². The molecule has 1 atom stereocenters. The SMILES string of the molecule is C[C@H]1NC(=O)N(CC2(C)CC2)C1=O. The summed E-state index contributed by atoms with van der Waals surface area (Å²) in [6.45, 7) is 4.41. The maximum atomic E-state index is 11.5. The van der Waals surface area contributed by atoms with E-state index in [0.717, 1.165) is 12.8 Å². The third-order valence-electron chi connectivity index (χ3n) is 2.86. The highest BCUT2D eigenvalue weighted by Gasteiger charge is 2.45. The Balaban J connectivity index is 2.05. The second-order valence-corrected chi connectivity index (χ2v) is 4.41. The number of carbonyl (C=O) groups excluding carboxylic acids is 2. The van der Waals surface area contributed by atoms with E-state index in [1.54, 1.807) is 6.92 Å². The number of rotatable bonds is 2. The van der Waals surface area contributed by atoms with Crippen LogP contribution in [0.5, 0.6) is 0 Å². The number of amides is 3. The van der Waals surface area contributed by atoms with Crippen LogP contribution >= 0.6 is 0 Å². The molecule has 2 fully saturated rings. The van der Waals surface area contributed by atoms with Crippen molar-refractivity contribution in [2.24, 2.45) is 5.41 Å². The smallest absolute Gasteiger partial charge is 0.324 e. The molecule has 13 heavy (non-hydrogen) atoms. The Labute approximate surface area is 77.3 Å². The molecule has 0 aromatic rings. The highest BCUT2D eigenvalue weighted by atomic mass is 16.2. The normalized spacial score (nSPS) is 30.6. The molecular weight excluding hydrogens is 168 g/mol. The van der Waals surface area contributed by atoms with Gasteiger partial charge in [0, 0.05) is 6.54 Å². The summed E-state index contributed by atoms with van der Waals surface area (Å²) < 4.78 is 0. The molecule has 2 aliphatic rings. The van der Waals surface area contributed by atoms with Crippen molar-refractivity contribution in [1.82, 2.24) is 10.2 Å². The van der Waals surface area contributed by atoms with Crippen LogP contribution in [0.3, 0.4) is 0 Å². The first kappa shape index (κ1) is 8.53. The predicted molar refractivity (Wildman–Crippen MR) is 47.0 cm³/mol. The van der Waals surface area contributed by atoms with Gasteiger partial charge in [0.1, 0.15) is 6.04 Å². The molecule has 0 unspecified atom stereocenters. The highest BCUT2D eigenvalue weighted by Crippen LogP contribution is 2.45. The zero-order valence-corrected chi connectivity index (χ0v) is 7.96. The summed E-state index contributed by atoms with van der Waals surface area (Å²) in [7, 11) is 0. The molecule has 4 heteroatoms. The number of carbonyl (C=O) groups is 2. The van der Waals surface area contributed by atoms with E-state index >= 15 is 0 Å². The van der Waals surface area contributed by atoms with Gasteiger partial charge in [0.25, 0.3) is 5.91 Å².